The Balaban J connectivity index is 1.32. The number of fused-ring (bicyclic) bond motifs is 1. The van der Waals surface area contributed by atoms with Crippen LogP contribution in [0.5, 0.6) is 0 Å². The summed E-state index contributed by atoms with van der Waals surface area (Å²) in [7, 11) is 2.19. The zero-order valence-electron chi connectivity index (χ0n) is 15.5. The molecule has 0 radical (unpaired) electrons. The van der Waals surface area contributed by atoms with Crippen LogP contribution < -0.4 is 5.32 Å². The van der Waals surface area contributed by atoms with Gasteiger partial charge in [-0.1, -0.05) is 0 Å². The molecule has 2 fully saturated rings. The van der Waals surface area contributed by atoms with Crippen molar-refractivity contribution in [3.8, 4) is 0 Å². The first-order chi connectivity index (χ1) is 12.7. The summed E-state index contributed by atoms with van der Waals surface area (Å²) in [5.74, 6) is 0.274. The Morgan fingerprint density at radius 2 is 2.08 bits per heavy atom. The largest absolute Gasteiger partial charge is 0.350 e. The zero-order valence-corrected chi connectivity index (χ0v) is 15.5. The molecule has 4 rings (SSSR count). The molecule has 0 saturated carbocycles. The lowest BCUT2D eigenvalue weighted by molar-refractivity contribution is -0.127. The first-order valence-corrected chi connectivity index (χ1v) is 9.67. The van der Waals surface area contributed by atoms with Crippen molar-refractivity contribution in [3.63, 3.8) is 0 Å². The van der Waals surface area contributed by atoms with Crippen molar-refractivity contribution in [2.75, 3.05) is 33.2 Å². The normalized spacial score (nSPS) is 23.3. The topological polar surface area (TPSA) is 65.8 Å². The maximum Gasteiger partial charge on any atom is 0.224 e. The Morgan fingerprint density at radius 3 is 2.92 bits per heavy atom. The van der Waals surface area contributed by atoms with Gasteiger partial charge in [-0.25, -0.2) is 4.98 Å². The van der Waals surface area contributed by atoms with Gasteiger partial charge in [-0.05, 0) is 52.4 Å². The van der Waals surface area contributed by atoms with E-state index in [1.165, 1.54) is 25.9 Å². The maximum atomic E-state index is 12.7. The van der Waals surface area contributed by atoms with E-state index < -0.39 is 0 Å². The highest BCUT2D eigenvalue weighted by Gasteiger charge is 2.31. The first kappa shape index (κ1) is 17.4. The van der Waals surface area contributed by atoms with Crippen LogP contribution in [0.3, 0.4) is 0 Å². The van der Waals surface area contributed by atoms with Crippen LogP contribution in [0.25, 0.3) is 5.65 Å². The molecule has 0 aromatic carbocycles. The molecule has 1 amide bonds. The van der Waals surface area contributed by atoms with Crippen molar-refractivity contribution in [1.82, 2.24) is 29.5 Å². The predicted octanol–water partition coefficient (Wildman–Crippen LogP) is 1.15. The summed E-state index contributed by atoms with van der Waals surface area (Å²) >= 11 is 0. The van der Waals surface area contributed by atoms with Crippen LogP contribution in [0.15, 0.2) is 24.8 Å². The first-order valence-electron chi connectivity index (χ1n) is 9.67. The number of likely N-dealkylation sites (tertiary alicyclic amines) is 2. The summed E-state index contributed by atoms with van der Waals surface area (Å²) in [5, 5.41) is 3.12. The van der Waals surface area contributed by atoms with Crippen LogP contribution in [0, 0.1) is 5.92 Å². The highest BCUT2D eigenvalue weighted by molar-refractivity contribution is 5.78. The summed E-state index contributed by atoms with van der Waals surface area (Å²) in [6.45, 7) is 4.88. The molecular formula is C19H28N6O. The van der Waals surface area contributed by atoms with E-state index in [1.54, 1.807) is 12.4 Å². The number of hydrogen-bond acceptors (Lipinski definition) is 5. The highest BCUT2D eigenvalue weighted by Crippen LogP contribution is 2.23. The second kappa shape index (κ2) is 7.72. The minimum absolute atomic E-state index is 0.101. The summed E-state index contributed by atoms with van der Waals surface area (Å²) in [5.41, 5.74) is 1.79. The second-order valence-electron chi connectivity index (χ2n) is 7.64. The van der Waals surface area contributed by atoms with Crippen molar-refractivity contribution in [1.29, 1.82) is 0 Å². The Bertz CT molecular complexity index is 751. The van der Waals surface area contributed by atoms with Gasteiger partial charge in [-0.3, -0.25) is 19.1 Å². The molecule has 140 valence electrons. The lowest BCUT2D eigenvalue weighted by Gasteiger charge is -2.41. The monoisotopic (exact) mass is 356 g/mol. The fourth-order valence-electron chi connectivity index (χ4n) is 4.26. The minimum Gasteiger partial charge on any atom is -0.350 e. The lowest BCUT2D eigenvalue weighted by atomic mass is 9.93. The Labute approximate surface area is 154 Å². The van der Waals surface area contributed by atoms with Crippen LogP contribution in [0.4, 0.5) is 0 Å². The van der Waals surface area contributed by atoms with Gasteiger partial charge in [0.15, 0.2) is 5.65 Å². The maximum absolute atomic E-state index is 12.7. The summed E-state index contributed by atoms with van der Waals surface area (Å²) in [6, 6.07) is 0.646. The van der Waals surface area contributed by atoms with E-state index in [-0.39, 0.29) is 11.8 Å². The van der Waals surface area contributed by atoms with Gasteiger partial charge in [0.25, 0.3) is 0 Å². The Morgan fingerprint density at radius 1 is 1.23 bits per heavy atom. The van der Waals surface area contributed by atoms with Crippen LogP contribution in [0.1, 0.15) is 31.4 Å². The summed E-state index contributed by atoms with van der Waals surface area (Å²) in [4.78, 5) is 26.1. The molecule has 4 heterocycles. The number of carbonyl (C=O) groups excluding carboxylic acids is 1. The van der Waals surface area contributed by atoms with E-state index in [9.17, 15) is 4.79 Å². The van der Waals surface area contributed by atoms with E-state index >= 15 is 0 Å². The van der Waals surface area contributed by atoms with Crippen molar-refractivity contribution in [2.45, 2.75) is 38.3 Å². The second-order valence-corrected chi connectivity index (χ2v) is 7.64. The average molecular weight is 356 g/mol. The molecule has 0 bridgehead atoms. The fraction of sp³-hybridized carbons (Fsp3) is 0.632. The van der Waals surface area contributed by atoms with Gasteiger partial charge in [0.05, 0.1) is 30.6 Å². The van der Waals surface area contributed by atoms with E-state index in [0.717, 1.165) is 37.3 Å². The van der Waals surface area contributed by atoms with Gasteiger partial charge in [0, 0.05) is 25.0 Å². The molecule has 0 unspecified atom stereocenters. The average Bonchev–Trinajstić information content (AvgIpc) is 3.10. The molecule has 1 atom stereocenters. The van der Waals surface area contributed by atoms with Gasteiger partial charge < -0.3 is 10.2 Å². The number of piperidine rings is 2. The smallest absolute Gasteiger partial charge is 0.224 e. The molecule has 0 spiro atoms. The molecule has 2 aromatic rings. The van der Waals surface area contributed by atoms with Gasteiger partial charge in [0.1, 0.15) is 0 Å². The quantitative estimate of drug-likeness (QED) is 0.890. The number of aromatic nitrogens is 3. The number of hydrogen-bond donors (Lipinski definition) is 1. The van der Waals surface area contributed by atoms with E-state index in [0.29, 0.717) is 12.6 Å². The van der Waals surface area contributed by atoms with Crippen LogP contribution in [0.2, 0.25) is 0 Å². The van der Waals surface area contributed by atoms with E-state index in [1.807, 2.05) is 16.8 Å². The van der Waals surface area contributed by atoms with Crippen LogP contribution in [-0.2, 0) is 11.3 Å². The molecule has 2 aromatic heterocycles. The SMILES string of the molecule is CN1CCC(N2CCC[C@@H](C(=O)NCc3cnc4cnccn34)C2)CC1. The van der Waals surface area contributed by atoms with Gasteiger partial charge in [-0.15, -0.1) is 0 Å². The van der Waals surface area contributed by atoms with E-state index in [2.05, 4.69) is 32.1 Å². The molecular weight excluding hydrogens is 328 g/mol. The molecule has 1 N–H and O–H groups in total. The van der Waals surface area contributed by atoms with Crippen molar-refractivity contribution >= 4 is 11.6 Å². The summed E-state index contributed by atoms with van der Waals surface area (Å²) < 4.78 is 1.97. The highest BCUT2D eigenvalue weighted by atomic mass is 16.1. The Hall–Kier alpha value is -1.99. The van der Waals surface area contributed by atoms with Gasteiger partial charge >= 0.3 is 0 Å². The fourth-order valence-corrected chi connectivity index (χ4v) is 4.26. The molecule has 2 saturated heterocycles. The van der Waals surface area contributed by atoms with Gasteiger partial charge in [-0.2, -0.15) is 0 Å². The number of carbonyl (C=O) groups is 1. The molecule has 0 aliphatic carbocycles. The van der Waals surface area contributed by atoms with Crippen molar-refractivity contribution in [3.05, 3.63) is 30.5 Å². The van der Waals surface area contributed by atoms with Crippen molar-refractivity contribution in [2.24, 2.45) is 5.92 Å². The lowest BCUT2D eigenvalue weighted by Crippen LogP contribution is -2.50. The number of rotatable bonds is 4. The molecule has 2 aliphatic rings. The predicted molar refractivity (Wildman–Crippen MR) is 99.6 cm³/mol. The third-order valence-corrected chi connectivity index (χ3v) is 5.87. The molecule has 26 heavy (non-hydrogen) atoms. The third-order valence-electron chi connectivity index (χ3n) is 5.87. The van der Waals surface area contributed by atoms with Crippen molar-refractivity contribution < 1.29 is 4.79 Å². The number of amides is 1. The third kappa shape index (κ3) is 3.73. The Kier molecular flexibility index (Phi) is 5.17. The number of nitrogens with zero attached hydrogens (tertiary/aromatic N) is 5. The van der Waals surface area contributed by atoms with Crippen LogP contribution in [-0.4, -0.2) is 69.3 Å². The standard InChI is InChI=1S/C19H28N6O/c1-23-8-4-16(5-9-23)24-7-2-3-15(14-24)19(26)22-12-17-11-21-18-13-20-6-10-25(17)18/h6,10-11,13,15-16H,2-5,7-9,12,14H2,1H3,(H,22,26)/t15-/m1/s1. The summed E-state index contributed by atoms with van der Waals surface area (Å²) in [6.07, 6.45) is 11.7. The van der Waals surface area contributed by atoms with Crippen LogP contribution >= 0.6 is 0 Å². The number of nitrogens with one attached hydrogen (secondary N) is 1. The molecule has 7 heteroatoms. The molecule has 2 aliphatic heterocycles. The minimum atomic E-state index is 0.101. The molecule has 7 nitrogen and oxygen atoms in total. The van der Waals surface area contributed by atoms with E-state index in [4.69, 9.17) is 0 Å². The van der Waals surface area contributed by atoms with Gasteiger partial charge in [0.2, 0.25) is 5.91 Å². The number of imidazole rings is 1. The zero-order chi connectivity index (χ0) is 17.9.